The van der Waals surface area contributed by atoms with Gasteiger partial charge in [-0.15, -0.1) is 0 Å². The molecular formula is C11H6N4S2. The molecule has 0 amide bonds. The number of rotatable bonds is 1. The molecule has 0 saturated carbocycles. The molecule has 0 aliphatic rings. The fourth-order valence-electron chi connectivity index (χ4n) is 1.78. The third kappa shape index (κ3) is 1.31. The molecule has 82 valence electrons. The maximum Gasteiger partial charge on any atom is 0.246 e. The second-order valence-electron chi connectivity index (χ2n) is 3.62. The molecule has 4 rings (SSSR count). The summed E-state index contributed by atoms with van der Waals surface area (Å²) in [7, 11) is 0. The largest absolute Gasteiger partial charge is 0.246 e. The number of imidazole rings is 1. The van der Waals surface area contributed by atoms with Gasteiger partial charge in [0.15, 0.2) is 0 Å². The minimum absolute atomic E-state index is 0.761. The molecule has 0 atom stereocenters. The van der Waals surface area contributed by atoms with Gasteiger partial charge in [-0.25, -0.2) is 13.1 Å². The average molecular weight is 258 g/mol. The number of nitrogens with zero attached hydrogens (tertiary/aromatic N) is 4. The van der Waals surface area contributed by atoms with Crippen molar-refractivity contribution in [2.45, 2.75) is 0 Å². The zero-order chi connectivity index (χ0) is 11.2. The summed E-state index contributed by atoms with van der Waals surface area (Å²) < 4.78 is 6.15. The van der Waals surface area contributed by atoms with Gasteiger partial charge in [-0.3, -0.25) is 0 Å². The van der Waals surface area contributed by atoms with E-state index in [1.165, 1.54) is 11.5 Å². The molecule has 3 heterocycles. The third-order valence-corrected chi connectivity index (χ3v) is 4.19. The van der Waals surface area contributed by atoms with Gasteiger partial charge in [-0.05, 0) is 35.2 Å². The van der Waals surface area contributed by atoms with E-state index in [4.69, 9.17) is 0 Å². The van der Waals surface area contributed by atoms with E-state index < -0.39 is 0 Å². The second-order valence-corrected chi connectivity index (χ2v) is 5.21. The lowest BCUT2D eigenvalue weighted by Crippen LogP contribution is -1.72. The monoisotopic (exact) mass is 258 g/mol. The number of para-hydroxylation sites is 2. The van der Waals surface area contributed by atoms with E-state index >= 15 is 0 Å². The van der Waals surface area contributed by atoms with E-state index in [1.807, 2.05) is 29.8 Å². The van der Waals surface area contributed by atoms with Crippen molar-refractivity contribution < 1.29 is 0 Å². The lowest BCUT2D eigenvalue weighted by Gasteiger charge is -1.87. The van der Waals surface area contributed by atoms with Gasteiger partial charge in [0.25, 0.3) is 0 Å². The van der Waals surface area contributed by atoms with Crippen molar-refractivity contribution >= 4 is 39.9 Å². The average Bonchev–Trinajstić information content (AvgIpc) is 3.03. The van der Waals surface area contributed by atoms with E-state index in [0.717, 1.165) is 27.4 Å². The van der Waals surface area contributed by atoms with Crippen LogP contribution in [0, 0.1) is 0 Å². The normalized spacial score (nSPS) is 11.5. The van der Waals surface area contributed by atoms with Crippen LogP contribution in [0.2, 0.25) is 0 Å². The molecule has 0 saturated heterocycles. The molecule has 3 aromatic heterocycles. The summed E-state index contributed by atoms with van der Waals surface area (Å²) in [5, 5.41) is 2.97. The smallest absolute Gasteiger partial charge is 0.229 e. The quantitative estimate of drug-likeness (QED) is 0.527. The summed E-state index contributed by atoms with van der Waals surface area (Å²) in [5.41, 5.74) is 3.16. The van der Waals surface area contributed by atoms with Crippen LogP contribution in [0.5, 0.6) is 0 Å². The van der Waals surface area contributed by atoms with Crippen LogP contribution in [0.25, 0.3) is 27.4 Å². The van der Waals surface area contributed by atoms with Gasteiger partial charge in [0.2, 0.25) is 5.78 Å². The van der Waals surface area contributed by atoms with Gasteiger partial charge in [-0.1, -0.05) is 12.1 Å². The van der Waals surface area contributed by atoms with Crippen LogP contribution in [0.4, 0.5) is 0 Å². The highest BCUT2D eigenvalue weighted by atomic mass is 32.1. The highest BCUT2D eigenvalue weighted by molar-refractivity contribution is 7.11. The molecule has 4 nitrogen and oxygen atoms in total. The number of benzene rings is 1. The first-order chi connectivity index (χ1) is 8.42. The molecular weight excluding hydrogens is 252 g/mol. The Labute approximate surface area is 105 Å². The molecule has 1 aromatic carbocycles. The maximum atomic E-state index is 4.53. The minimum Gasteiger partial charge on any atom is -0.229 e. The Morgan fingerprint density at radius 2 is 2.06 bits per heavy atom. The topological polar surface area (TPSA) is 43.1 Å². The summed E-state index contributed by atoms with van der Waals surface area (Å²) in [4.78, 5) is 9.02. The number of hydrogen-bond acceptors (Lipinski definition) is 5. The molecule has 0 spiro atoms. The first-order valence-electron chi connectivity index (χ1n) is 5.06. The Balaban J connectivity index is 2.05. The van der Waals surface area contributed by atoms with Crippen molar-refractivity contribution in [2.24, 2.45) is 0 Å². The van der Waals surface area contributed by atoms with Crippen molar-refractivity contribution in [1.29, 1.82) is 0 Å². The molecule has 6 heteroatoms. The van der Waals surface area contributed by atoms with Gasteiger partial charge >= 0.3 is 0 Å². The Morgan fingerprint density at radius 1 is 1.12 bits per heavy atom. The van der Waals surface area contributed by atoms with E-state index in [0.29, 0.717) is 0 Å². The summed E-state index contributed by atoms with van der Waals surface area (Å²) in [5.74, 6) is 0.761. The van der Waals surface area contributed by atoms with Crippen molar-refractivity contribution in [1.82, 2.24) is 18.1 Å². The minimum atomic E-state index is 0.761. The Kier molecular flexibility index (Phi) is 1.82. The first-order valence-corrected chi connectivity index (χ1v) is 6.67. The zero-order valence-electron chi connectivity index (χ0n) is 8.57. The van der Waals surface area contributed by atoms with Gasteiger partial charge in [-0.2, -0.15) is 4.98 Å². The highest BCUT2D eigenvalue weighted by Gasteiger charge is 2.11. The third-order valence-electron chi connectivity index (χ3n) is 2.56. The summed E-state index contributed by atoms with van der Waals surface area (Å²) >= 11 is 3.04. The standard InChI is InChI=1S/C11H6N4S2/c1-2-4-9-8(3-1)13-11-14-10(17-15(9)11)7-5-12-16-6-7/h1-6H. The van der Waals surface area contributed by atoms with Crippen LogP contribution >= 0.6 is 23.1 Å². The summed E-state index contributed by atoms with van der Waals surface area (Å²) in [6.45, 7) is 0. The van der Waals surface area contributed by atoms with Crippen LogP contribution in [0.3, 0.4) is 0 Å². The molecule has 4 aromatic rings. The van der Waals surface area contributed by atoms with Crippen LogP contribution in [0.15, 0.2) is 35.8 Å². The lowest BCUT2D eigenvalue weighted by atomic mass is 10.3. The van der Waals surface area contributed by atoms with Crippen molar-refractivity contribution in [3.8, 4) is 10.6 Å². The summed E-state index contributed by atoms with van der Waals surface area (Å²) in [6.07, 6.45) is 1.84. The maximum absolute atomic E-state index is 4.53. The van der Waals surface area contributed by atoms with Gasteiger partial charge < -0.3 is 0 Å². The number of aromatic nitrogens is 4. The van der Waals surface area contributed by atoms with Crippen molar-refractivity contribution in [3.63, 3.8) is 0 Å². The Bertz CT molecular complexity index is 797. The van der Waals surface area contributed by atoms with Crippen LogP contribution in [0.1, 0.15) is 0 Å². The molecule has 0 N–H and O–H groups in total. The Hall–Kier alpha value is -1.79. The van der Waals surface area contributed by atoms with Crippen LogP contribution in [-0.2, 0) is 0 Å². The van der Waals surface area contributed by atoms with Crippen molar-refractivity contribution in [3.05, 3.63) is 35.8 Å². The molecule has 17 heavy (non-hydrogen) atoms. The Morgan fingerprint density at radius 3 is 2.94 bits per heavy atom. The predicted molar refractivity (Wildman–Crippen MR) is 69.5 cm³/mol. The predicted octanol–water partition coefficient (Wildman–Crippen LogP) is 3.07. The highest BCUT2D eigenvalue weighted by Crippen LogP contribution is 2.27. The van der Waals surface area contributed by atoms with Gasteiger partial charge in [0.05, 0.1) is 17.2 Å². The molecule has 0 radical (unpaired) electrons. The fraction of sp³-hybridized carbons (Fsp3) is 0. The van der Waals surface area contributed by atoms with Crippen LogP contribution in [-0.4, -0.2) is 18.1 Å². The zero-order valence-corrected chi connectivity index (χ0v) is 10.2. The van der Waals surface area contributed by atoms with E-state index in [9.17, 15) is 0 Å². The van der Waals surface area contributed by atoms with Gasteiger partial charge in [0, 0.05) is 10.9 Å². The molecule has 0 unspecified atom stereocenters. The van der Waals surface area contributed by atoms with Crippen molar-refractivity contribution in [2.75, 3.05) is 0 Å². The van der Waals surface area contributed by atoms with E-state index in [1.54, 1.807) is 11.5 Å². The fourth-order valence-corrected chi connectivity index (χ4v) is 3.30. The molecule has 0 fully saturated rings. The SMILES string of the molecule is c1ccc2c(c1)nc1nc(-c3cnsc3)sn12. The van der Waals surface area contributed by atoms with Gasteiger partial charge in [0.1, 0.15) is 5.01 Å². The number of hydrogen-bond donors (Lipinski definition) is 0. The lowest BCUT2D eigenvalue weighted by molar-refractivity contribution is 1.29. The molecule has 0 aliphatic heterocycles. The summed E-state index contributed by atoms with van der Waals surface area (Å²) in [6, 6.07) is 8.07. The molecule has 0 aliphatic carbocycles. The van der Waals surface area contributed by atoms with E-state index in [2.05, 4.69) is 24.2 Å². The second kappa shape index (κ2) is 3.35. The van der Waals surface area contributed by atoms with E-state index in [-0.39, 0.29) is 0 Å². The number of fused-ring (bicyclic) bond motifs is 3. The first kappa shape index (κ1) is 9.26. The molecule has 0 bridgehead atoms. The van der Waals surface area contributed by atoms with Crippen LogP contribution < -0.4 is 0 Å².